The third-order valence-electron chi connectivity index (χ3n) is 6.48. The predicted octanol–water partition coefficient (Wildman–Crippen LogP) is 4.56. The quantitative estimate of drug-likeness (QED) is 0.298. The maximum Gasteiger partial charge on any atom is 0.363 e. The number of hydrogen-bond acceptors (Lipinski definition) is 9. The van der Waals surface area contributed by atoms with Crippen LogP contribution in [0, 0.1) is 0 Å². The fourth-order valence-electron chi connectivity index (χ4n) is 4.81. The van der Waals surface area contributed by atoms with Crippen molar-refractivity contribution in [3.05, 3.63) is 59.1 Å². The van der Waals surface area contributed by atoms with Crippen molar-refractivity contribution in [2.75, 3.05) is 21.3 Å². The first kappa shape index (κ1) is 22.4. The van der Waals surface area contributed by atoms with Gasteiger partial charge in [0.05, 0.1) is 33.0 Å². The largest absolute Gasteiger partial charge is 0.504 e. The Morgan fingerprint density at radius 1 is 0.784 bits per heavy atom. The molecule has 0 atom stereocenters. The SMILES string of the molecule is COc1cc(-c2c3c4cc(OC)c(O)cc4oc(=O)c3n3ncc4cc(O)c(OC)cc4c23)ccc1O. The van der Waals surface area contributed by atoms with Gasteiger partial charge in [0.25, 0.3) is 0 Å². The lowest BCUT2D eigenvalue weighted by Crippen LogP contribution is -2.04. The number of hydrogen-bond donors (Lipinski definition) is 3. The van der Waals surface area contributed by atoms with Crippen LogP contribution < -0.4 is 19.8 Å². The number of phenolic OH excluding ortho intramolecular Hbond substituents is 3. The van der Waals surface area contributed by atoms with Gasteiger partial charge in [-0.15, -0.1) is 0 Å². The fourth-order valence-corrected chi connectivity index (χ4v) is 4.81. The van der Waals surface area contributed by atoms with E-state index in [1.54, 1.807) is 24.3 Å². The lowest BCUT2D eigenvalue weighted by molar-refractivity contribution is 0.373. The van der Waals surface area contributed by atoms with Crippen molar-refractivity contribution >= 4 is 38.2 Å². The Kier molecular flexibility index (Phi) is 4.80. The minimum Gasteiger partial charge on any atom is -0.504 e. The molecule has 0 saturated carbocycles. The van der Waals surface area contributed by atoms with Crippen molar-refractivity contribution in [3.63, 3.8) is 0 Å². The lowest BCUT2D eigenvalue weighted by Gasteiger charge is -2.10. The summed E-state index contributed by atoms with van der Waals surface area (Å²) in [4.78, 5) is 13.3. The van der Waals surface area contributed by atoms with Crippen LogP contribution in [0.1, 0.15) is 0 Å². The Labute approximate surface area is 208 Å². The van der Waals surface area contributed by atoms with E-state index >= 15 is 0 Å². The zero-order valence-electron chi connectivity index (χ0n) is 19.9. The molecule has 186 valence electrons. The molecule has 6 aromatic rings. The summed E-state index contributed by atoms with van der Waals surface area (Å²) < 4.78 is 23.1. The molecule has 0 unspecified atom stereocenters. The van der Waals surface area contributed by atoms with E-state index < -0.39 is 5.63 Å². The zero-order chi connectivity index (χ0) is 26.0. The Morgan fingerprint density at radius 3 is 2.14 bits per heavy atom. The number of phenols is 3. The van der Waals surface area contributed by atoms with Crippen LogP contribution in [0.15, 0.2) is 57.9 Å². The first-order valence-corrected chi connectivity index (χ1v) is 11.1. The highest BCUT2D eigenvalue weighted by Crippen LogP contribution is 2.45. The van der Waals surface area contributed by atoms with E-state index in [4.69, 9.17) is 18.6 Å². The number of aromatic nitrogens is 2. The smallest absolute Gasteiger partial charge is 0.363 e. The molecule has 0 aliphatic heterocycles. The second-order valence-electron chi connectivity index (χ2n) is 8.41. The van der Waals surface area contributed by atoms with E-state index in [1.807, 2.05) is 0 Å². The van der Waals surface area contributed by atoms with Gasteiger partial charge in [0.2, 0.25) is 0 Å². The molecule has 3 heterocycles. The van der Waals surface area contributed by atoms with Crippen LogP contribution in [0.5, 0.6) is 34.5 Å². The number of fused-ring (bicyclic) bond motifs is 7. The number of benzene rings is 3. The molecule has 0 spiro atoms. The molecular weight excluding hydrogens is 480 g/mol. The molecule has 0 amide bonds. The van der Waals surface area contributed by atoms with Gasteiger partial charge in [-0.3, -0.25) is 0 Å². The van der Waals surface area contributed by atoms with E-state index in [0.29, 0.717) is 38.2 Å². The van der Waals surface area contributed by atoms with E-state index in [9.17, 15) is 20.1 Å². The zero-order valence-corrected chi connectivity index (χ0v) is 19.9. The van der Waals surface area contributed by atoms with Crippen LogP contribution in [-0.4, -0.2) is 46.3 Å². The van der Waals surface area contributed by atoms with Crippen molar-refractivity contribution in [2.24, 2.45) is 0 Å². The molecule has 0 saturated heterocycles. The second kappa shape index (κ2) is 7.95. The average molecular weight is 500 g/mol. The van der Waals surface area contributed by atoms with Gasteiger partial charge in [0.1, 0.15) is 5.58 Å². The van der Waals surface area contributed by atoms with Gasteiger partial charge in [-0.2, -0.15) is 5.10 Å². The first-order chi connectivity index (χ1) is 17.9. The number of nitrogens with zero attached hydrogens (tertiary/aromatic N) is 2. The van der Waals surface area contributed by atoms with Gasteiger partial charge in [-0.1, -0.05) is 6.07 Å². The summed E-state index contributed by atoms with van der Waals surface area (Å²) in [6.07, 6.45) is 1.53. The highest BCUT2D eigenvalue weighted by molar-refractivity contribution is 6.21. The van der Waals surface area contributed by atoms with Gasteiger partial charge in [-0.25, -0.2) is 9.31 Å². The second-order valence-corrected chi connectivity index (χ2v) is 8.41. The van der Waals surface area contributed by atoms with E-state index in [-0.39, 0.29) is 45.6 Å². The molecule has 0 aliphatic rings. The molecule has 10 nitrogen and oxygen atoms in total. The Morgan fingerprint density at radius 2 is 1.43 bits per heavy atom. The van der Waals surface area contributed by atoms with Crippen molar-refractivity contribution in [1.82, 2.24) is 9.61 Å². The molecule has 0 fully saturated rings. The summed E-state index contributed by atoms with van der Waals surface area (Å²) in [5.41, 5.74) is 1.37. The summed E-state index contributed by atoms with van der Waals surface area (Å²) in [5.74, 6) is 0.369. The van der Waals surface area contributed by atoms with Crippen molar-refractivity contribution < 1.29 is 33.9 Å². The van der Waals surface area contributed by atoms with Crippen LogP contribution in [0.3, 0.4) is 0 Å². The minimum absolute atomic E-state index is 0.0513. The molecule has 3 aromatic heterocycles. The third kappa shape index (κ3) is 3.12. The van der Waals surface area contributed by atoms with Crippen molar-refractivity contribution in [3.8, 4) is 45.6 Å². The molecular formula is C27H20N2O8. The maximum atomic E-state index is 13.3. The van der Waals surface area contributed by atoms with Crippen LogP contribution in [-0.2, 0) is 0 Å². The normalized spacial score (nSPS) is 11.5. The van der Waals surface area contributed by atoms with Gasteiger partial charge >= 0.3 is 5.63 Å². The standard InChI is InChI=1S/C27H20N2O8/c1-34-20-7-12(4-5-16(20)30)23-24-15-9-22(36-3)18(32)10-19(15)37-27(33)26(24)29-25(23)14-8-21(35-2)17(31)6-13(14)11-28-29/h4-11,30-32H,1-3H3. The van der Waals surface area contributed by atoms with Crippen molar-refractivity contribution in [2.45, 2.75) is 0 Å². The van der Waals surface area contributed by atoms with Crippen molar-refractivity contribution in [1.29, 1.82) is 0 Å². The molecule has 3 aromatic carbocycles. The molecule has 0 aliphatic carbocycles. The fraction of sp³-hybridized carbons (Fsp3) is 0.111. The highest BCUT2D eigenvalue weighted by atomic mass is 16.5. The van der Waals surface area contributed by atoms with Gasteiger partial charge in [-0.05, 0) is 35.9 Å². The predicted molar refractivity (Wildman–Crippen MR) is 136 cm³/mol. The lowest BCUT2D eigenvalue weighted by atomic mass is 9.98. The molecule has 6 rings (SSSR count). The number of aromatic hydroxyl groups is 3. The van der Waals surface area contributed by atoms with E-state index in [0.717, 1.165) is 0 Å². The first-order valence-electron chi connectivity index (χ1n) is 11.1. The van der Waals surface area contributed by atoms with Gasteiger partial charge < -0.3 is 33.9 Å². The summed E-state index contributed by atoms with van der Waals surface area (Å²) in [6.45, 7) is 0. The maximum absolute atomic E-state index is 13.3. The Balaban J connectivity index is 1.94. The Bertz CT molecular complexity index is 1960. The average Bonchev–Trinajstić information content (AvgIpc) is 3.24. The van der Waals surface area contributed by atoms with Crippen LogP contribution >= 0.6 is 0 Å². The van der Waals surface area contributed by atoms with Gasteiger partial charge in [0.15, 0.2) is 40.0 Å². The molecule has 37 heavy (non-hydrogen) atoms. The molecule has 3 N–H and O–H groups in total. The monoisotopic (exact) mass is 500 g/mol. The molecule has 10 heteroatoms. The summed E-state index contributed by atoms with van der Waals surface area (Å²) in [6, 6.07) is 10.9. The number of ether oxygens (including phenoxy) is 3. The van der Waals surface area contributed by atoms with Crippen LogP contribution in [0.2, 0.25) is 0 Å². The number of rotatable bonds is 4. The molecule has 0 radical (unpaired) electrons. The summed E-state index contributed by atoms with van der Waals surface area (Å²) in [5, 5.41) is 37.7. The molecule has 0 bridgehead atoms. The Hall–Kier alpha value is -5.12. The van der Waals surface area contributed by atoms with Gasteiger partial charge in [0, 0.05) is 33.2 Å². The minimum atomic E-state index is -0.670. The van der Waals surface area contributed by atoms with E-state index in [2.05, 4.69) is 5.10 Å². The van der Waals surface area contributed by atoms with E-state index in [1.165, 1.54) is 50.2 Å². The third-order valence-corrected chi connectivity index (χ3v) is 6.48. The summed E-state index contributed by atoms with van der Waals surface area (Å²) >= 11 is 0. The topological polar surface area (TPSA) is 136 Å². The highest BCUT2D eigenvalue weighted by Gasteiger charge is 2.25. The van der Waals surface area contributed by atoms with Crippen LogP contribution in [0.25, 0.3) is 49.3 Å². The summed E-state index contributed by atoms with van der Waals surface area (Å²) in [7, 11) is 4.31. The van der Waals surface area contributed by atoms with Crippen LogP contribution in [0.4, 0.5) is 0 Å². The number of methoxy groups -OCH3 is 3.